The molecular weight excluding hydrogens is 239 g/mol. The summed E-state index contributed by atoms with van der Waals surface area (Å²) in [5.74, 6) is 0. The third-order valence-electron chi connectivity index (χ3n) is 1.93. The van der Waals surface area contributed by atoms with Crippen LogP contribution in [0.4, 0.5) is 13.2 Å². The summed E-state index contributed by atoms with van der Waals surface area (Å²) in [4.78, 5) is 0. The Morgan fingerprint density at radius 1 is 1.25 bits per heavy atom. The van der Waals surface area contributed by atoms with Crippen molar-refractivity contribution in [1.82, 2.24) is 5.32 Å². The molecule has 5 heteroatoms. The first-order valence-corrected chi connectivity index (χ1v) is 4.97. The van der Waals surface area contributed by atoms with E-state index in [0.717, 1.165) is 17.7 Å². The highest BCUT2D eigenvalue weighted by Gasteiger charge is 2.29. The molecule has 0 heterocycles. The largest absolute Gasteiger partial charge is 0.416 e. The molecular formula is C11H11ClF3N. The molecule has 0 spiro atoms. The van der Waals surface area contributed by atoms with E-state index >= 15 is 0 Å². The molecule has 0 atom stereocenters. The quantitative estimate of drug-likeness (QED) is 0.861. The van der Waals surface area contributed by atoms with Crippen LogP contribution in [0.1, 0.15) is 11.1 Å². The highest BCUT2D eigenvalue weighted by Crippen LogP contribution is 2.28. The number of benzene rings is 1. The van der Waals surface area contributed by atoms with Gasteiger partial charge in [-0.1, -0.05) is 30.3 Å². The summed E-state index contributed by atoms with van der Waals surface area (Å²) in [5, 5.41) is 3.41. The van der Waals surface area contributed by atoms with E-state index < -0.39 is 11.7 Å². The molecule has 1 aromatic carbocycles. The molecule has 0 aromatic heterocycles. The van der Waals surface area contributed by atoms with Gasteiger partial charge in [-0.3, -0.25) is 0 Å². The summed E-state index contributed by atoms with van der Waals surface area (Å²) in [6, 6.07) is 5.00. The molecule has 16 heavy (non-hydrogen) atoms. The number of hydrogen-bond donors (Lipinski definition) is 1. The zero-order valence-corrected chi connectivity index (χ0v) is 9.20. The zero-order valence-electron chi connectivity index (χ0n) is 8.44. The molecule has 0 saturated heterocycles. The van der Waals surface area contributed by atoms with Crippen LogP contribution in [0, 0.1) is 0 Å². The fourth-order valence-corrected chi connectivity index (χ4v) is 1.25. The molecule has 0 unspecified atom stereocenters. The van der Waals surface area contributed by atoms with E-state index in [1.165, 1.54) is 12.1 Å². The van der Waals surface area contributed by atoms with Gasteiger partial charge in [-0.05, 0) is 17.7 Å². The van der Waals surface area contributed by atoms with Gasteiger partial charge in [0.05, 0.1) is 5.56 Å². The summed E-state index contributed by atoms with van der Waals surface area (Å²) < 4.78 is 36.7. The van der Waals surface area contributed by atoms with Gasteiger partial charge >= 0.3 is 6.18 Å². The smallest absolute Gasteiger partial charge is 0.308 e. The second-order valence-electron chi connectivity index (χ2n) is 3.32. The summed E-state index contributed by atoms with van der Waals surface area (Å²) in [7, 11) is 0. The Kier molecular flexibility index (Phi) is 4.38. The zero-order chi connectivity index (χ0) is 12.2. The summed E-state index contributed by atoms with van der Waals surface area (Å²) in [5.41, 5.74) is 0.129. The lowest BCUT2D eigenvalue weighted by atomic mass is 10.1. The van der Waals surface area contributed by atoms with Gasteiger partial charge in [0, 0.05) is 18.1 Å². The average molecular weight is 250 g/mol. The molecule has 0 saturated carbocycles. The first-order chi connectivity index (χ1) is 7.39. The van der Waals surface area contributed by atoms with Crippen LogP contribution in [0.3, 0.4) is 0 Å². The summed E-state index contributed by atoms with van der Waals surface area (Å²) in [6.45, 7) is 4.38. The number of nitrogens with one attached hydrogen (secondary N) is 1. The van der Waals surface area contributed by atoms with E-state index in [9.17, 15) is 13.2 Å². The molecule has 1 nitrogen and oxygen atoms in total. The van der Waals surface area contributed by atoms with Gasteiger partial charge in [-0.2, -0.15) is 13.2 Å². The lowest BCUT2D eigenvalue weighted by Crippen LogP contribution is -2.14. The molecule has 0 fully saturated rings. The van der Waals surface area contributed by atoms with Crippen LogP contribution in [-0.4, -0.2) is 6.54 Å². The van der Waals surface area contributed by atoms with Crippen molar-refractivity contribution in [2.24, 2.45) is 0 Å². The van der Waals surface area contributed by atoms with Gasteiger partial charge in [-0.25, -0.2) is 0 Å². The molecule has 0 amide bonds. The first-order valence-electron chi connectivity index (χ1n) is 4.60. The van der Waals surface area contributed by atoms with E-state index in [1.54, 1.807) is 0 Å². The van der Waals surface area contributed by atoms with E-state index in [1.807, 2.05) is 0 Å². The van der Waals surface area contributed by atoms with Crippen LogP contribution < -0.4 is 5.32 Å². The van der Waals surface area contributed by atoms with Crippen LogP contribution >= 0.6 is 11.6 Å². The van der Waals surface area contributed by atoms with Crippen LogP contribution in [0.2, 0.25) is 0 Å². The highest BCUT2D eigenvalue weighted by molar-refractivity contribution is 6.29. The minimum Gasteiger partial charge on any atom is -0.308 e. The van der Waals surface area contributed by atoms with Gasteiger partial charge in [-0.15, -0.1) is 0 Å². The predicted octanol–water partition coefficient (Wildman–Crippen LogP) is 3.55. The van der Waals surface area contributed by atoms with Gasteiger partial charge in [0.2, 0.25) is 0 Å². The van der Waals surface area contributed by atoms with Crippen molar-refractivity contribution in [2.45, 2.75) is 12.7 Å². The summed E-state index contributed by atoms with van der Waals surface area (Å²) in [6.07, 6.45) is -4.28. The van der Waals surface area contributed by atoms with Crippen LogP contribution in [0.5, 0.6) is 0 Å². The Morgan fingerprint density at radius 2 is 1.81 bits per heavy atom. The third-order valence-corrected chi connectivity index (χ3v) is 2.06. The molecule has 0 radical (unpaired) electrons. The molecule has 1 rings (SSSR count). The van der Waals surface area contributed by atoms with Gasteiger partial charge in [0.25, 0.3) is 0 Å². The minimum absolute atomic E-state index is 0.433. The topological polar surface area (TPSA) is 12.0 Å². The van der Waals surface area contributed by atoms with E-state index in [0.29, 0.717) is 18.1 Å². The van der Waals surface area contributed by atoms with Crippen molar-refractivity contribution in [3.63, 3.8) is 0 Å². The van der Waals surface area contributed by atoms with E-state index in [4.69, 9.17) is 11.6 Å². The maximum absolute atomic E-state index is 12.2. The van der Waals surface area contributed by atoms with Crippen molar-refractivity contribution in [3.05, 3.63) is 47.0 Å². The van der Waals surface area contributed by atoms with Gasteiger partial charge < -0.3 is 5.32 Å². The third kappa shape index (κ3) is 4.24. The van der Waals surface area contributed by atoms with E-state index in [-0.39, 0.29) is 0 Å². The SMILES string of the molecule is C=C(Cl)CNCc1ccc(C(F)(F)F)cc1. The normalized spacial score (nSPS) is 11.5. The molecule has 1 aromatic rings. The Hall–Kier alpha value is -1.00. The Balaban J connectivity index is 2.55. The second-order valence-corrected chi connectivity index (χ2v) is 3.85. The number of halogens is 4. The minimum atomic E-state index is -4.28. The molecule has 0 aliphatic carbocycles. The molecule has 88 valence electrons. The fraction of sp³-hybridized carbons (Fsp3) is 0.273. The number of hydrogen-bond acceptors (Lipinski definition) is 1. The van der Waals surface area contributed by atoms with Crippen LogP contribution in [-0.2, 0) is 12.7 Å². The lowest BCUT2D eigenvalue weighted by Gasteiger charge is -2.08. The predicted molar refractivity (Wildman–Crippen MR) is 58.1 cm³/mol. The molecule has 1 N–H and O–H groups in total. The Labute approximate surface area is 96.9 Å². The second kappa shape index (κ2) is 5.37. The first kappa shape index (κ1) is 13.1. The standard InChI is InChI=1S/C11H11ClF3N/c1-8(12)6-16-7-9-2-4-10(5-3-9)11(13,14)15/h2-5,16H,1,6-7H2. The van der Waals surface area contributed by atoms with Gasteiger partial charge in [0.1, 0.15) is 0 Å². The lowest BCUT2D eigenvalue weighted by molar-refractivity contribution is -0.137. The fourth-order valence-electron chi connectivity index (χ4n) is 1.15. The van der Waals surface area contributed by atoms with Crippen molar-refractivity contribution in [1.29, 1.82) is 0 Å². The van der Waals surface area contributed by atoms with Crippen molar-refractivity contribution < 1.29 is 13.2 Å². The number of rotatable bonds is 4. The molecule has 0 aliphatic rings. The van der Waals surface area contributed by atoms with Crippen molar-refractivity contribution in [2.75, 3.05) is 6.54 Å². The maximum Gasteiger partial charge on any atom is 0.416 e. The average Bonchev–Trinajstić information content (AvgIpc) is 2.16. The van der Waals surface area contributed by atoms with Crippen molar-refractivity contribution >= 4 is 11.6 Å². The molecule has 0 bridgehead atoms. The van der Waals surface area contributed by atoms with Crippen LogP contribution in [0.25, 0.3) is 0 Å². The Morgan fingerprint density at radius 3 is 2.25 bits per heavy atom. The Bertz CT molecular complexity index is 356. The molecule has 0 aliphatic heterocycles. The van der Waals surface area contributed by atoms with Crippen LogP contribution in [0.15, 0.2) is 35.9 Å². The van der Waals surface area contributed by atoms with Gasteiger partial charge in [0.15, 0.2) is 0 Å². The monoisotopic (exact) mass is 249 g/mol. The number of alkyl halides is 3. The van der Waals surface area contributed by atoms with Crippen molar-refractivity contribution in [3.8, 4) is 0 Å². The van der Waals surface area contributed by atoms with E-state index in [2.05, 4.69) is 11.9 Å². The summed E-state index contributed by atoms with van der Waals surface area (Å²) >= 11 is 5.52. The maximum atomic E-state index is 12.2. The highest BCUT2D eigenvalue weighted by atomic mass is 35.5.